The van der Waals surface area contributed by atoms with Crippen LogP contribution in [0, 0.1) is 0 Å². The lowest BCUT2D eigenvalue weighted by Crippen LogP contribution is -2.40. The lowest BCUT2D eigenvalue weighted by atomic mass is 10.0. The van der Waals surface area contributed by atoms with Crippen LogP contribution in [0.2, 0.25) is 0 Å². The second kappa shape index (κ2) is 10.6. The van der Waals surface area contributed by atoms with Gasteiger partial charge in [-0.25, -0.2) is 0 Å². The molecule has 0 aliphatic rings. The molecule has 0 atom stereocenters. The highest BCUT2D eigenvalue weighted by Gasteiger charge is 2.08. The molecule has 3 rings (SSSR count). The monoisotopic (exact) mass is 401 g/mol. The molecule has 3 aromatic rings. The summed E-state index contributed by atoms with van der Waals surface area (Å²) in [5.74, 6) is -0.833. The molecule has 0 aromatic heterocycles. The summed E-state index contributed by atoms with van der Waals surface area (Å²) < 4.78 is 0. The second-order valence-corrected chi connectivity index (χ2v) is 6.60. The van der Waals surface area contributed by atoms with Crippen molar-refractivity contribution >= 4 is 17.7 Å². The normalized spacial score (nSPS) is 10.1. The van der Waals surface area contributed by atoms with Gasteiger partial charge in [0.05, 0.1) is 6.54 Å². The fourth-order valence-electron chi connectivity index (χ4n) is 2.84. The Kier molecular flexibility index (Phi) is 7.33. The van der Waals surface area contributed by atoms with E-state index in [-0.39, 0.29) is 37.4 Å². The Morgan fingerprint density at radius 2 is 1.03 bits per heavy atom. The first kappa shape index (κ1) is 20.8. The van der Waals surface area contributed by atoms with Gasteiger partial charge in [-0.15, -0.1) is 0 Å². The molecule has 0 fully saturated rings. The van der Waals surface area contributed by atoms with E-state index in [0.29, 0.717) is 11.1 Å². The predicted molar refractivity (Wildman–Crippen MR) is 116 cm³/mol. The molecule has 3 N–H and O–H groups in total. The van der Waals surface area contributed by atoms with E-state index in [2.05, 4.69) is 16.0 Å². The van der Waals surface area contributed by atoms with E-state index in [0.717, 1.165) is 11.1 Å². The Labute approximate surface area is 175 Å². The summed E-state index contributed by atoms with van der Waals surface area (Å²) in [5.41, 5.74) is 3.18. The van der Waals surface area contributed by atoms with Crippen molar-refractivity contribution in [2.45, 2.75) is 0 Å². The van der Waals surface area contributed by atoms with Crippen LogP contribution in [0.1, 0.15) is 20.7 Å². The van der Waals surface area contributed by atoms with Crippen molar-refractivity contribution in [3.63, 3.8) is 0 Å². The molecular weight excluding hydrogens is 378 g/mol. The van der Waals surface area contributed by atoms with Gasteiger partial charge in [-0.1, -0.05) is 60.7 Å². The van der Waals surface area contributed by atoms with E-state index in [4.69, 9.17) is 0 Å². The van der Waals surface area contributed by atoms with Crippen LogP contribution in [-0.2, 0) is 4.79 Å². The van der Waals surface area contributed by atoms with Gasteiger partial charge < -0.3 is 16.0 Å². The van der Waals surface area contributed by atoms with Gasteiger partial charge in [0.25, 0.3) is 11.8 Å². The number of rotatable bonds is 8. The van der Waals surface area contributed by atoms with E-state index in [1.165, 1.54) is 0 Å². The van der Waals surface area contributed by atoms with Gasteiger partial charge >= 0.3 is 0 Å². The fourth-order valence-corrected chi connectivity index (χ4v) is 2.84. The zero-order valence-corrected chi connectivity index (χ0v) is 16.4. The quantitative estimate of drug-likeness (QED) is 0.507. The van der Waals surface area contributed by atoms with Crippen molar-refractivity contribution in [2.24, 2.45) is 0 Å². The first-order valence-electron chi connectivity index (χ1n) is 9.67. The third-order valence-electron chi connectivity index (χ3n) is 4.43. The highest BCUT2D eigenvalue weighted by molar-refractivity contribution is 5.96. The zero-order chi connectivity index (χ0) is 21.2. The van der Waals surface area contributed by atoms with Crippen molar-refractivity contribution in [3.05, 3.63) is 96.1 Å². The fraction of sp³-hybridized carbons (Fsp3) is 0.125. The molecule has 152 valence electrons. The van der Waals surface area contributed by atoms with Gasteiger partial charge in [-0.3, -0.25) is 14.4 Å². The van der Waals surface area contributed by atoms with Gasteiger partial charge in [0.1, 0.15) is 0 Å². The highest BCUT2D eigenvalue weighted by atomic mass is 16.2. The Morgan fingerprint density at radius 1 is 0.533 bits per heavy atom. The smallest absolute Gasteiger partial charge is 0.251 e. The van der Waals surface area contributed by atoms with Crippen LogP contribution < -0.4 is 16.0 Å². The number of amides is 3. The van der Waals surface area contributed by atoms with E-state index >= 15 is 0 Å². The predicted octanol–water partition coefficient (Wildman–Crippen LogP) is 2.63. The highest BCUT2D eigenvalue weighted by Crippen LogP contribution is 2.19. The van der Waals surface area contributed by atoms with Gasteiger partial charge in [-0.05, 0) is 35.4 Å². The van der Waals surface area contributed by atoms with Gasteiger partial charge in [0.2, 0.25) is 5.91 Å². The standard InChI is InChI=1S/C24H23N3O3/c28-22(17-27-24(30)20-9-5-2-6-10-20)25-15-16-26-23(29)21-13-11-19(12-14-21)18-7-3-1-4-8-18/h1-14H,15-17H2,(H,25,28)(H,26,29)(H,27,30). The number of nitrogens with one attached hydrogen (secondary N) is 3. The van der Waals surface area contributed by atoms with Crippen LogP contribution in [0.3, 0.4) is 0 Å². The second-order valence-electron chi connectivity index (χ2n) is 6.60. The molecule has 0 aliphatic carbocycles. The largest absolute Gasteiger partial charge is 0.353 e. The summed E-state index contributed by atoms with van der Waals surface area (Å²) in [6.07, 6.45) is 0. The molecule has 6 heteroatoms. The van der Waals surface area contributed by atoms with Crippen LogP contribution in [0.5, 0.6) is 0 Å². The summed E-state index contributed by atoms with van der Waals surface area (Å²) in [7, 11) is 0. The maximum absolute atomic E-state index is 12.2. The number of benzene rings is 3. The average Bonchev–Trinajstić information content (AvgIpc) is 2.81. The Bertz CT molecular complexity index is 987. The third-order valence-corrected chi connectivity index (χ3v) is 4.43. The molecule has 6 nitrogen and oxygen atoms in total. The van der Waals surface area contributed by atoms with Crippen LogP contribution >= 0.6 is 0 Å². The van der Waals surface area contributed by atoms with Crippen molar-refractivity contribution in [1.82, 2.24) is 16.0 Å². The molecule has 3 aromatic carbocycles. The minimum absolute atomic E-state index is 0.122. The number of hydrogen-bond donors (Lipinski definition) is 3. The Morgan fingerprint density at radius 3 is 1.70 bits per heavy atom. The first-order valence-corrected chi connectivity index (χ1v) is 9.67. The van der Waals surface area contributed by atoms with Crippen LogP contribution in [-0.4, -0.2) is 37.4 Å². The lowest BCUT2D eigenvalue weighted by Gasteiger charge is -2.09. The summed E-state index contributed by atoms with van der Waals surface area (Å²) in [6.45, 7) is 0.439. The van der Waals surface area contributed by atoms with Crippen molar-refractivity contribution in [1.29, 1.82) is 0 Å². The van der Waals surface area contributed by atoms with Crippen molar-refractivity contribution < 1.29 is 14.4 Å². The first-order chi connectivity index (χ1) is 14.6. The molecule has 0 spiro atoms. The number of hydrogen-bond acceptors (Lipinski definition) is 3. The lowest BCUT2D eigenvalue weighted by molar-refractivity contribution is -0.120. The van der Waals surface area contributed by atoms with Crippen LogP contribution in [0.25, 0.3) is 11.1 Å². The molecule has 0 radical (unpaired) electrons. The molecule has 0 saturated heterocycles. The molecule has 30 heavy (non-hydrogen) atoms. The third kappa shape index (κ3) is 6.04. The van der Waals surface area contributed by atoms with Crippen LogP contribution in [0.4, 0.5) is 0 Å². The van der Waals surface area contributed by atoms with Crippen LogP contribution in [0.15, 0.2) is 84.9 Å². The number of carbonyl (C=O) groups is 3. The molecule has 0 heterocycles. The average molecular weight is 401 g/mol. The SMILES string of the molecule is O=C(CNC(=O)c1ccccc1)NCCNC(=O)c1ccc(-c2ccccc2)cc1. The summed E-state index contributed by atoms with van der Waals surface area (Å²) in [6, 6.07) is 26.0. The summed E-state index contributed by atoms with van der Waals surface area (Å²) in [4.78, 5) is 35.9. The minimum atomic E-state index is -0.319. The topological polar surface area (TPSA) is 87.3 Å². The molecule has 3 amide bonds. The number of carbonyl (C=O) groups excluding carboxylic acids is 3. The maximum Gasteiger partial charge on any atom is 0.251 e. The van der Waals surface area contributed by atoms with E-state index in [9.17, 15) is 14.4 Å². The molecule has 0 saturated carbocycles. The van der Waals surface area contributed by atoms with Gasteiger partial charge in [-0.2, -0.15) is 0 Å². The van der Waals surface area contributed by atoms with Crippen molar-refractivity contribution in [3.8, 4) is 11.1 Å². The summed E-state index contributed by atoms with van der Waals surface area (Å²) in [5, 5.41) is 7.98. The Hall–Kier alpha value is -3.93. The van der Waals surface area contributed by atoms with E-state index in [1.54, 1.807) is 36.4 Å². The summed E-state index contributed by atoms with van der Waals surface area (Å²) >= 11 is 0. The maximum atomic E-state index is 12.2. The molecular formula is C24H23N3O3. The molecule has 0 unspecified atom stereocenters. The van der Waals surface area contributed by atoms with E-state index in [1.807, 2.05) is 48.5 Å². The van der Waals surface area contributed by atoms with E-state index < -0.39 is 0 Å². The minimum Gasteiger partial charge on any atom is -0.353 e. The molecule has 0 aliphatic heterocycles. The Balaban J connectivity index is 1.36. The molecule has 0 bridgehead atoms. The van der Waals surface area contributed by atoms with Gasteiger partial charge in [0, 0.05) is 24.2 Å². The zero-order valence-electron chi connectivity index (χ0n) is 16.4. The van der Waals surface area contributed by atoms with Crippen molar-refractivity contribution in [2.75, 3.05) is 19.6 Å². The van der Waals surface area contributed by atoms with Gasteiger partial charge in [0.15, 0.2) is 0 Å².